The van der Waals surface area contributed by atoms with E-state index < -0.39 is 11.9 Å². The molecular formula is C29H28FNO4. The Hall–Kier alpha value is -3.67. The zero-order valence-electron chi connectivity index (χ0n) is 19.8. The number of carbonyl (C=O) groups excluding carboxylic acids is 1. The molecule has 3 aromatic rings. The molecule has 0 saturated heterocycles. The van der Waals surface area contributed by atoms with Crippen LogP contribution in [0.25, 0.3) is 11.1 Å². The van der Waals surface area contributed by atoms with Gasteiger partial charge in [-0.2, -0.15) is 0 Å². The fourth-order valence-corrected chi connectivity index (χ4v) is 5.19. The lowest BCUT2D eigenvalue weighted by Gasteiger charge is -2.31. The molecule has 1 aliphatic carbocycles. The van der Waals surface area contributed by atoms with Gasteiger partial charge < -0.3 is 14.7 Å². The topological polar surface area (TPSA) is 66.8 Å². The number of carboxylic acids is 1. The third-order valence-corrected chi connectivity index (χ3v) is 7.39. The number of ether oxygens (including phenoxy) is 1. The number of carbonyl (C=O) groups is 2. The van der Waals surface area contributed by atoms with Crippen molar-refractivity contribution in [1.29, 1.82) is 0 Å². The summed E-state index contributed by atoms with van der Waals surface area (Å²) in [6.45, 7) is 2.44. The molecule has 2 aliphatic rings. The zero-order valence-corrected chi connectivity index (χ0v) is 19.8. The highest BCUT2D eigenvalue weighted by atomic mass is 19.1. The summed E-state index contributed by atoms with van der Waals surface area (Å²) in [6.07, 6.45) is 1.28. The third kappa shape index (κ3) is 4.29. The Bertz CT molecular complexity index is 1290. The molecule has 1 fully saturated rings. The molecular weight excluding hydrogens is 445 g/mol. The van der Waals surface area contributed by atoms with Gasteiger partial charge >= 0.3 is 5.97 Å². The molecule has 0 bridgehead atoms. The normalized spacial score (nSPS) is 19.6. The smallest absolute Gasteiger partial charge is 0.310 e. The molecule has 3 atom stereocenters. The van der Waals surface area contributed by atoms with E-state index in [-0.39, 0.29) is 23.6 Å². The number of rotatable bonds is 6. The van der Waals surface area contributed by atoms with Crippen LogP contribution in [0.15, 0.2) is 60.7 Å². The van der Waals surface area contributed by atoms with Crippen molar-refractivity contribution >= 4 is 11.9 Å². The van der Waals surface area contributed by atoms with Crippen LogP contribution >= 0.6 is 0 Å². The first-order chi connectivity index (χ1) is 16.9. The lowest BCUT2D eigenvalue weighted by Crippen LogP contribution is -2.37. The number of methoxy groups -OCH3 is 1. The number of aliphatic carboxylic acids is 1. The first kappa shape index (κ1) is 23.1. The SMILES string of the molecule is COc1ccc(C(C)C(=O)O)cc1-c1ccc(F)c2c1CN(C(=O)[C@@H]1C[C@H]1c1ccccc1)CC2. The molecule has 5 rings (SSSR count). The number of nitrogens with zero attached hydrogens (tertiary/aromatic N) is 1. The van der Waals surface area contributed by atoms with Gasteiger partial charge in [-0.3, -0.25) is 9.59 Å². The van der Waals surface area contributed by atoms with Crippen molar-refractivity contribution in [3.63, 3.8) is 0 Å². The highest BCUT2D eigenvalue weighted by Crippen LogP contribution is 2.49. The molecule has 1 N–H and O–H groups in total. The van der Waals surface area contributed by atoms with E-state index >= 15 is 0 Å². The molecule has 1 aliphatic heterocycles. The molecule has 1 amide bonds. The van der Waals surface area contributed by atoms with E-state index in [9.17, 15) is 19.1 Å². The van der Waals surface area contributed by atoms with E-state index in [2.05, 4.69) is 12.1 Å². The fraction of sp³-hybridized carbons (Fsp3) is 0.310. The number of amides is 1. The van der Waals surface area contributed by atoms with E-state index in [1.807, 2.05) is 23.1 Å². The van der Waals surface area contributed by atoms with Crippen molar-refractivity contribution in [3.05, 3.63) is 88.7 Å². The lowest BCUT2D eigenvalue weighted by atomic mass is 9.88. The molecule has 0 spiro atoms. The van der Waals surface area contributed by atoms with E-state index in [4.69, 9.17) is 4.74 Å². The number of hydrogen-bond acceptors (Lipinski definition) is 3. The van der Waals surface area contributed by atoms with Crippen molar-refractivity contribution in [2.45, 2.75) is 38.1 Å². The Labute approximate surface area is 204 Å². The van der Waals surface area contributed by atoms with Gasteiger partial charge in [0, 0.05) is 24.6 Å². The van der Waals surface area contributed by atoms with Crippen molar-refractivity contribution in [2.75, 3.05) is 13.7 Å². The summed E-state index contributed by atoms with van der Waals surface area (Å²) >= 11 is 0. The first-order valence-electron chi connectivity index (χ1n) is 11.9. The summed E-state index contributed by atoms with van der Waals surface area (Å²) in [5.41, 5.74) is 4.67. The maximum absolute atomic E-state index is 14.8. The van der Waals surface area contributed by atoms with E-state index in [1.165, 1.54) is 11.6 Å². The van der Waals surface area contributed by atoms with Gasteiger partial charge in [-0.25, -0.2) is 4.39 Å². The summed E-state index contributed by atoms with van der Waals surface area (Å²) in [7, 11) is 1.56. The summed E-state index contributed by atoms with van der Waals surface area (Å²) in [4.78, 5) is 26.8. The van der Waals surface area contributed by atoms with E-state index in [1.54, 1.807) is 38.3 Å². The fourth-order valence-electron chi connectivity index (χ4n) is 5.19. The highest BCUT2D eigenvalue weighted by molar-refractivity contribution is 5.84. The second-order valence-electron chi connectivity index (χ2n) is 9.44. The van der Waals surface area contributed by atoms with Gasteiger partial charge in [0.25, 0.3) is 0 Å². The molecule has 180 valence electrons. The standard InChI is InChI=1S/C29H28FNO4/c1-17(29(33)34)19-8-11-27(35-2)23(14-19)20-9-10-26(30)21-12-13-31(16-25(20)21)28(32)24-15-22(24)18-6-4-3-5-7-18/h3-11,14,17,22,24H,12-13,15-16H2,1-2H3,(H,33,34)/t17?,22-,24+/m0/s1. The predicted octanol–water partition coefficient (Wildman–Crippen LogP) is 5.38. The summed E-state index contributed by atoms with van der Waals surface area (Å²) in [5, 5.41) is 9.48. The Kier molecular flexibility index (Phi) is 6.05. The Morgan fingerprint density at radius 3 is 2.54 bits per heavy atom. The Morgan fingerprint density at radius 1 is 1.06 bits per heavy atom. The second-order valence-corrected chi connectivity index (χ2v) is 9.44. The van der Waals surface area contributed by atoms with Crippen molar-refractivity contribution in [3.8, 4) is 16.9 Å². The van der Waals surface area contributed by atoms with Gasteiger partial charge in [-0.15, -0.1) is 0 Å². The van der Waals surface area contributed by atoms with Gasteiger partial charge in [0.15, 0.2) is 0 Å². The van der Waals surface area contributed by atoms with Crippen LogP contribution in [0.2, 0.25) is 0 Å². The number of hydrogen-bond donors (Lipinski definition) is 1. The Morgan fingerprint density at radius 2 is 1.83 bits per heavy atom. The second kappa shape index (κ2) is 9.17. The zero-order chi connectivity index (χ0) is 24.7. The van der Waals surface area contributed by atoms with Crippen LogP contribution in [0.1, 0.15) is 47.4 Å². The lowest BCUT2D eigenvalue weighted by molar-refractivity contribution is -0.138. The van der Waals surface area contributed by atoms with Crippen LogP contribution in [0.5, 0.6) is 5.75 Å². The van der Waals surface area contributed by atoms with Gasteiger partial charge in [-0.1, -0.05) is 42.5 Å². The van der Waals surface area contributed by atoms with Crippen LogP contribution in [-0.4, -0.2) is 35.5 Å². The number of halogens is 1. The van der Waals surface area contributed by atoms with E-state index in [0.29, 0.717) is 42.0 Å². The molecule has 6 heteroatoms. The average Bonchev–Trinajstić information content (AvgIpc) is 3.69. The third-order valence-electron chi connectivity index (χ3n) is 7.39. The maximum atomic E-state index is 14.8. The summed E-state index contributed by atoms with van der Waals surface area (Å²) in [5.74, 6) is -1.000. The predicted molar refractivity (Wildman–Crippen MR) is 131 cm³/mol. The quantitative estimate of drug-likeness (QED) is 0.522. The molecule has 0 radical (unpaired) electrons. The minimum Gasteiger partial charge on any atom is -0.496 e. The molecule has 1 heterocycles. The highest BCUT2D eigenvalue weighted by Gasteiger charge is 2.46. The van der Waals surface area contributed by atoms with Crippen molar-refractivity contribution in [1.82, 2.24) is 4.90 Å². The van der Waals surface area contributed by atoms with Crippen LogP contribution in [-0.2, 0) is 22.6 Å². The van der Waals surface area contributed by atoms with Gasteiger partial charge in [0.05, 0.1) is 13.0 Å². The molecule has 35 heavy (non-hydrogen) atoms. The monoisotopic (exact) mass is 473 g/mol. The minimum absolute atomic E-state index is 0.0368. The minimum atomic E-state index is -0.920. The van der Waals surface area contributed by atoms with Gasteiger partial charge in [0.1, 0.15) is 11.6 Å². The van der Waals surface area contributed by atoms with E-state index in [0.717, 1.165) is 17.5 Å². The van der Waals surface area contributed by atoms with Crippen LogP contribution in [0, 0.1) is 11.7 Å². The van der Waals surface area contributed by atoms with Crippen LogP contribution in [0.4, 0.5) is 4.39 Å². The maximum Gasteiger partial charge on any atom is 0.310 e. The van der Waals surface area contributed by atoms with Crippen LogP contribution in [0.3, 0.4) is 0 Å². The molecule has 1 unspecified atom stereocenters. The van der Waals surface area contributed by atoms with Gasteiger partial charge in [0.2, 0.25) is 5.91 Å². The summed E-state index contributed by atoms with van der Waals surface area (Å²) in [6, 6.07) is 18.5. The number of fused-ring (bicyclic) bond motifs is 1. The largest absolute Gasteiger partial charge is 0.496 e. The van der Waals surface area contributed by atoms with Crippen molar-refractivity contribution < 1.29 is 23.8 Å². The van der Waals surface area contributed by atoms with Crippen molar-refractivity contribution in [2.24, 2.45) is 5.92 Å². The molecule has 0 aromatic heterocycles. The Balaban J connectivity index is 1.48. The molecule has 1 saturated carbocycles. The van der Waals surface area contributed by atoms with Crippen LogP contribution < -0.4 is 4.74 Å². The summed E-state index contributed by atoms with van der Waals surface area (Å²) < 4.78 is 20.4. The number of carboxylic acid groups (broad SMARTS) is 1. The average molecular weight is 474 g/mol. The molecule has 3 aromatic carbocycles. The van der Waals surface area contributed by atoms with Gasteiger partial charge in [-0.05, 0) is 71.7 Å². The molecule has 5 nitrogen and oxygen atoms in total. The first-order valence-corrected chi connectivity index (χ1v) is 11.9. The number of benzene rings is 3.